The molecule has 98 valence electrons. The van der Waals surface area contributed by atoms with Crippen molar-refractivity contribution in [1.29, 1.82) is 0 Å². The Morgan fingerprint density at radius 1 is 1.22 bits per heavy atom. The Morgan fingerprint density at radius 3 is 2.61 bits per heavy atom. The molecule has 0 bridgehead atoms. The van der Waals surface area contributed by atoms with E-state index in [1.54, 1.807) is 7.11 Å². The van der Waals surface area contributed by atoms with Crippen LogP contribution in [0.2, 0.25) is 0 Å². The predicted octanol–water partition coefficient (Wildman–Crippen LogP) is 0.535. The molecule has 1 rings (SSSR count). The number of esters is 1. The monoisotopic (exact) mass is 251 g/mol. The summed E-state index contributed by atoms with van der Waals surface area (Å²) < 4.78 is 9.62. The largest absolute Gasteiger partial charge is 0.455 e. The maximum absolute atomic E-state index is 11.4. The maximum Gasteiger partial charge on any atom is 0.310 e. The first-order chi connectivity index (χ1) is 8.72. The highest BCUT2D eigenvalue weighted by atomic mass is 16.5. The minimum absolute atomic E-state index is 0.173. The molecule has 0 saturated carbocycles. The van der Waals surface area contributed by atoms with Crippen molar-refractivity contribution in [2.24, 2.45) is 0 Å². The second kappa shape index (κ2) is 8.25. The van der Waals surface area contributed by atoms with Crippen molar-refractivity contribution in [3.05, 3.63) is 35.9 Å². The van der Waals surface area contributed by atoms with Crippen LogP contribution >= 0.6 is 0 Å². The van der Waals surface area contributed by atoms with E-state index in [-0.39, 0.29) is 18.9 Å². The molecule has 0 aliphatic carbocycles. The maximum atomic E-state index is 11.4. The van der Waals surface area contributed by atoms with Crippen molar-refractivity contribution in [2.75, 3.05) is 26.9 Å². The highest BCUT2D eigenvalue weighted by Gasteiger charge is 2.07. The van der Waals surface area contributed by atoms with Gasteiger partial charge in [-0.1, -0.05) is 30.3 Å². The van der Waals surface area contributed by atoms with Crippen molar-refractivity contribution < 1.29 is 19.1 Å². The van der Waals surface area contributed by atoms with Crippen LogP contribution in [-0.4, -0.2) is 38.7 Å². The van der Waals surface area contributed by atoms with E-state index in [0.717, 1.165) is 5.56 Å². The van der Waals surface area contributed by atoms with Gasteiger partial charge in [-0.05, 0) is 5.56 Å². The molecular formula is C13H17NO4. The number of methoxy groups -OCH3 is 1. The minimum Gasteiger partial charge on any atom is -0.455 e. The lowest BCUT2D eigenvalue weighted by molar-refractivity contribution is -0.147. The summed E-state index contributed by atoms with van der Waals surface area (Å²) in [4.78, 5) is 22.7. The van der Waals surface area contributed by atoms with E-state index in [0.29, 0.717) is 13.2 Å². The zero-order valence-electron chi connectivity index (χ0n) is 10.3. The first kappa shape index (κ1) is 14.2. The van der Waals surface area contributed by atoms with Crippen LogP contribution in [0.3, 0.4) is 0 Å². The van der Waals surface area contributed by atoms with Crippen molar-refractivity contribution in [3.8, 4) is 0 Å². The lowest BCUT2D eigenvalue weighted by Gasteiger charge is -2.06. The van der Waals surface area contributed by atoms with Crippen LogP contribution in [0, 0.1) is 0 Å². The van der Waals surface area contributed by atoms with Gasteiger partial charge in [-0.2, -0.15) is 0 Å². The van der Waals surface area contributed by atoms with E-state index < -0.39 is 5.97 Å². The van der Waals surface area contributed by atoms with Crippen LogP contribution in [0.1, 0.15) is 5.56 Å². The molecule has 0 aromatic heterocycles. The molecule has 18 heavy (non-hydrogen) atoms. The number of hydrogen-bond donors (Lipinski definition) is 1. The van der Waals surface area contributed by atoms with Crippen LogP contribution in [-0.2, 0) is 25.5 Å². The fraction of sp³-hybridized carbons (Fsp3) is 0.385. The van der Waals surface area contributed by atoms with Gasteiger partial charge in [-0.25, -0.2) is 0 Å². The van der Waals surface area contributed by atoms with E-state index in [2.05, 4.69) is 5.32 Å². The zero-order chi connectivity index (χ0) is 13.2. The van der Waals surface area contributed by atoms with E-state index >= 15 is 0 Å². The Kier molecular flexibility index (Phi) is 6.50. The molecule has 0 saturated heterocycles. The van der Waals surface area contributed by atoms with Crippen LogP contribution < -0.4 is 5.32 Å². The number of carbonyl (C=O) groups excluding carboxylic acids is 2. The molecule has 1 aromatic carbocycles. The number of hydrogen-bond acceptors (Lipinski definition) is 4. The average Bonchev–Trinajstić information content (AvgIpc) is 2.38. The molecule has 1 amide bonds. The van der Waals surface area contributed by atoms with Crippen LogP contribution in [0.25, 0.3) is 0 Å². The summed E-state index contributed by atoms with van der Waals surface area (Å²) in [6.07, 6.45) is 0.173. The number of benzene rings is 1. The third-order valence-corrected chi connectivity index (χ3v) is 2.18. The number of carbonyl (C=O) groups is 2. The molecule has 0 spiro atoms. The van der Waals surface area contributed by atoms with Gasteiger partial charge in [0.25, 0.3) is 5.91 Å². The van der Waals surface area contributed by atoms with E-state index in [9.17, 15) is 9.59 Å². The highest BCUT2D eigenvalue weighted by Crippen LogP contribution is 2.00. The van der Waals surface area contributed by atoms with Gasteiger partial charge in [0, 0.05) is 13.7 Å². The smallest absolute Gasteiger partial charge is 0.310 e. The molecule has 0 radical (unpaired) electrons. The lowest BCUT2D eigenvalue weighted by Crippen LogP contribution is -2.31. The molecule has 0 fully saturated rings. The summed E-state index contributed by atoms with van der Waals surface area (Å²) in [7, 11) is 1.55. The Labute approximate surface area is 106 Å². The summed E-state index contributed by atoms with van der Waals surface area (Å²) in [5.41, 5.74) is 0.863. The minimum atomic E-state index is -0.414. The van der Waals surface area contributed by atoms with Gasteiger partial charge < -0.3 is 14.8 Å². The predicted molar refractivity (Wildman–Crippen MR) is 66.0 cm³/mol. The Morgan fingerprint density at radius 2 is 1.94 bits per heavy atom. The van der Waals surface area contributed by atoms with Crippen molar-refractivity contribution in [2.45, 2.75) is 6.42 Å². The van der Waals surface area contributed by atoms with E-state index in [4.69, 9.17) is 9.47 Å². The second-order valence-electron chi connectivity index (χ2n) is 3.67. The van der Waals surface area contributed by atoms with E-state index in [1.807, 2.05) is 30.3 Å². The van der Waals surface area contributed by atoms with Gasteiger partial charge in [0.1, 0.15) is 0 Å². The number of ether oxygens (including phenoxy) is 2. The summed E-state index contributed by atoms with van der Waals surface area (Å²) in [5, 5.41) is 2.56. The van der Waals surface area contributed by atoms with Gasteiger partial charge in [-0.3, -0.25) is 9.59 Å². The normalized spacial score (nSPS) is 9.83. The Bertz CT molecular complexity index is 378. The Balaban J connectivity index is 2.19. The number of nitrogens with one attached hydrogen (secondary N) is 1. The third-order valence-electron chi connectivity index (χ3n) is 2.18. The zero-order valence-corrected chi connectivity index (χ0v) is 10.3. The molecule has 0 heterocycles. The molecule has 0 aliphatic rings. The van der Waals surface area contributed by atoms with Gasteiger partial charge in [-0.15, -0.1) is 0 Å². The van der Waals surface area contributed by atoms with Crippen molar-refractivity contribution in [1.82, 2.24) is 5.32 Å². The Hall–Kier alpha value is -1.88. The molecule has 5 heteroatoms. The molecular weight excluding hydrogens is 234 g/mol. The molecule has 1 N–H and O–H groups in total. The highest BCUT2D eigenvalue weighted by molar-refractivity contribution is 5.81. The summed E-state index contributed by atoms with van der Waals surface area (Å²) >= 11 is 0. The average molecular weight is 251 g/mol. The van der Waals surface area contributed by atoms with Gasteiger partial charge in [0.2, 0.25) is 0 Å². The van der Waals surface area contributed by atoms with Gasteiger partial charge in [0.15, 0.2) is 6.61 Å². The van der Waals surface area contributed by atoms with Crippen molar-refractivity contribution >= 4 is 11.9 Å². The van der Waals surface area contributed by atoms with Crippen molar-refractivity contribution in [3.63, 3.8) is 0 Å². The second-order valence-corrected chi connectivity index (χ2v) is 3.67. The molecule has 0 atom stereocenters. The lowest BCUT2D eigenvalue weighted by atomic mass is 10.2. The number of amides is 1. The fourth-order valence-electron chi connectivity index (χ4n) is 1.30. The molecule has 0 unspecified atom stereocenters. The summed E-state index contributed by atoms with van der Waals surface area (Å²) in [6, 6.07) is 9.23. The molecule has 0 aliphatic heterocycles. The topological polar surface area (TPSA) is 64.6 Å². The molecule has 1 aromatic rings. The fourth-order valence-corrected chi connectivity index (χ4v) is 1.30. The van der Waals surface area contributed by atoms with E-state index in [1.165, 1.54) is 0 Å². The first-order valence-electron chi connectivity index (χ1n) is 5.67. The SMILES string of the molecule is COCCNC(=O)COC(=O)Cc1ccccc1. The number of rotatable bonds is 7. The summed E-state index contributed by atoms with van der Waals surface area (Å²) in [5.74, 6) is -0.739. The van der Waals surface area contributed by atoms with Crippen LogP contribution in [0.4, 0.5) is 0 Å². The quantitative estimate of drug-likeness (QED) is 0.567. The van der Waals surface area contributed by atoms with Gasteiger partial charge in [0.05, 0.1) is 13.0 Å². The van der Waals surface area contributed by atoms with Crippen LogP contribution in [0.15, 0.2) is 30.3 Å². The first-order valence-corrected chi connectivity index (χ1v) is 5.67. The third kappa shape index (κ3) is 6.00. The van der Waals surface area contributed by atoms with Gasteiger partial charge >= 0.3 is 5.97 Å². The standard InChI is InChI=1S/C13H17NO4/c1-17-8-7-14-12(15)10-18-13(16)9-11-5-3-2-4-6-11/h2-6H,7-10H2,1H3,(H,14,15). The van der Waals surface area contributed by atoms with Crippen LogP contribution in [0.5, 0.6) is 0 Å². The molecule has 5 nitrogen and oxygen atoms in total. The summed E-state index contributed by atoms with van der Waals surface area (Å²) in [6.45, 7) is 0.588.